The van der Waals surface area contributed by atoms with Crippen LogP contribution in [0.25, 0.3) is 0 Å². The molecule has 17 heavy (non-hydrogen) atoms. The molecular formula is C14H14O2S. The second-order valence-corrected chi connectivity index (χ2v) is 4.84. The number of hydrogen-bond donors (Lipinski definition) is 1. The summed E-state index contributed by atoms with van der Waals surface area (Å²) < 4.78 is 0. The van der Waals surface area contributed by atoms with Crippen molar-refractivity contribution in [3.63, 3.8) is 0 Å². The molecule has 0 atom stereocenters. The standard InChI is InChI=1S/C14H14O2S/c15-14(16)13-12(9-10-17-13)8-4-7-11-5-2-1-3-6-11/h1-3,5-6,9-10H,4,7-8H2,(H,15,16). The second kappa shape index (κ2) is 5.64. The molecule has 2 aromatic rings. The first-order valence-electron chi connectivity index (χ1n) is 5.61. The zero-order chi connectivity index (χ0) is 12.1. The molecule has 1 aromatic carbocycles. The van der Waals surface area contributed by atoms with Gasteiger partial charge in [0.05, 0.1) is 0 Å². The Morgan fingerprint density at radius 1 is 1.12 bits per heavy atom. The molecule has 0 bridgehead atoms. The molecule has 0 aliphatic heterocycles. The van der Waals surface area contributed by atoms with Crippen molar-refractivity contribution in [1.29, 1.82) is 0 Å². The molecule has 1 N–H and O–H groups in total. The number of aromatic carboxylic acids is 1. The Labute approximate surface area is 105 Å². The first-order valence-corrected chi connectivity index (χ1v) is 6.49. The summed E-state index contributed by atoms with van der Waals surface area (Å²) in [5, 5.41) is 10.8. The van der Waals surface area contributed by atoms with Gasteiger partial charge in [0, 0.05) is 0 Å². The van der Waals surface area contributed by atoms with Gasteiger partial charge in [-0.2, -0.15) is 0 Å². The number of carboxylic acid groups (broad SMARTS) is 1. The maximum Gasteiger partial charge on any atom is 0.346 e. The Morgan fingerprint density at radius 3 is 2.59 bits per heavy atom. The monoisotopic (exact) mass is 246 g/mol. The van der Waals surface area contributed by atoms with E-state index in [2.05, 4.69) is 12.1 Å². The van der Waals surface area contributed by atoms with E-state index in [0.717, 1.165) is 24.8 Å². The molecule has 1 heterocycles. The van der Waals surface area contributed by atoms with Crippen LogP contribution in [0.4, 0.5) is 0 Å². The average Bonchev–Trinajstić information content (AvgIpc) is 2.79. The molecule has 0 amide bonds. The predicted octanol–water partition coefficient (Wildman–Crippen LogP) is 3.62. The number of aryl methyl sites for hydroxylation is 2. The van der Waals surface area contributed by atoms with Gasteiger partial charge in [-0.3, -0.25) is 0 Å². The van der Waals surface area contributed by atoms with Crippen molar-refractivity contribution < 1.29 is 9.90 Å². The van der Waals surface area contributed by atoms with Gasteiger partial charge in [-0.15, -0.1) is 11.3 Å². The van der Waals surface area contributed by atoms with Gasteiger partial charge in [-0.1, -0.05) is 30.3 Å². The highest BCUT2D eigenvalue weighted by Gasteiger charge is 2.10. The summed E-state index contributed by atoms with van der Waals surface area (Å²) in [6.45, 7) is 0. The number of carbonyl (C=O) groups is 1. The molecule has 0 spiro atoms. The van der Waals surface area contributed by atoms with Crippen molar-refractivity contribution in [2.75, 3.05) is 0 Å². The zero-order valence-electron chi connectivity index (χ0n) is 9.43. The Hall–Kier alpha value is -1.61. The highest BCUT2D eigenvalue weighted by atomic mass is 32.1. The summed E-state index contributed by atoms with van der Waals surface area (Å²) in [5.41, 5.74) is 2.26. The lowest BCUT2D eigenvalue weighted by Gasteiger charge is -2.01. The summed E-state index contributed by atoms with van der Waals surface area (Å²) in [5.74, 6) is -0.810. The van der Waals surface area contributed by atoms with Gasteiger partial charge in [0.1, 0.15) is 4.88 Å². The fourth-order valence-corrected chi connectivity index (χ4v) is 2.64. The van der Waals surface area contributed by atoms with Crippen LogP contribution in [0, 0.1) is 0 Å². The number of thiophene rings is 1. The minimum Gasteiger partial charge on any atom is -0.477 e. The van der Waals surface area contributed by atoms with Crippen LogP contribution in [0.15, 0.2) is 41.8 Å². The molecule has 0 saturated heterocycles. The third-order valence-electron chi connectivity index (χ3n) is 2.70. The predicted molar refractivity (Wildman–Crippen MR) is 69.7 cm³/mol. The van der Waals surface area contributed by atoms with Gasteiger partial charge in [0.15, 0.2) is 0 Å². The Balaban J connectivity index is 1.90. The quantitative estimate of drug-likeness (QED) is 0.874. The van der Waals surface area contributed by atoms with Crippen LogP contribution >= 0.6 is 11.3 Å². The Morgan fingerprint density at radius 2 is 1.88 bits per heavy atom. The van der Waals surface area contributed by atoms with E-state index in [1.807, 2.05) is 29.6 Å². The summed E-state index contributed by atoms with van der Waals surface area (Å²) >= 11 is 1.30. The Kier molecular flexibility index (Phi) is 3.94. The summed E-state index contributed by atoms with van der Waals surface area (Å²) in [6, 6.07) is 12.2. The SMILES string of the molecule is O=C(O)c1sccc1CCCc1ccccc1. The van der Waals surface area contributed by atoms with Crippen LogP contribution in [-0.4, -0.2) is 11.1 Å². The van der Waals surface area contributed by atoms with E-state index < -0.39 is 5.97 Å². The lowest BCUT2D eigenvalue weighted by Crippen LogP contribution is -1.98. The topological polar surface area (TPSA) is 37.3 Å². The zero-order valence-corrected chi connectivity index (χ0v) is 10.2. The molecule has 2 nitrogen and oxygen atoms in total. The van der Waals surface area contributed by atoms with Crippen molar-refractivity contribution >= 4 is 17.3 Å². The minimum atomic E-state index is -0.810. The highest BCUT2D eigenvalue weighted by molar-refractivity contribution is 7.12. The highest BCUT2D eigenvalue weighted by Crippen LogP contribution is 2.19. The molecule has 0 saturated carbocycles. The molecule has 0 fully saturated rings. The number of benzene rings is 1. The molecule has 3 heteroatoms. The molecular weight excluding hydrogens is 232 g/mol. The van der Waals surface area contributed by atoms with Crippen LogP contribution in [0.3, 0.4) is 0 Å². The second-order valence-electron chi connectivity index (χ2n) is 3.92. The van der Waals surface area contributed by atoms with E-state index in [9.17, 15) is 4.79 Å². The van der Waals surface area contributed by atoms with E-state index in [4.69, 9.17) is 5.11 Å². The lowest BCUT2D eigenvalue weighted by molar-refractivity contribution is 0.0701. The van der Waals surface area contributed by atoms with Crippen LogP contribution in [0.2, 0.25) is 0 Å². The van der Waals surface area contributed by atoms with Crippen LogP contribution in [0.5, 0.6) is 0 Å². The summed E-state index contributed by atoms with van der Waals surface area (Å²) in [6.07, 6.45) is 2.82. The molecule has 2 rings (SSSR count). The smallest absolute Gasteiger partial charge is 0.346 e. The first kappa shape index (κ1) is 11.9. The largest absolute Gasteiger partial charge is 0.477 e. The van der Waals surface area contributed by atoms with Crippen molar-refractivity contribution in [1.82, 2.24) is 0 Å². The van der Waals surface area contributed by atoms with Crippen LogP contribution < -0.4 is 0 Å². The maximum atomic E-state index is 10.9. The normalized spacial score (nSPS) is 10.4. The van der Waals surface area contributed by atoms with E-state index in [1.165, 1.54) is 16.9 Å². The van der Waals surface area contributed by atoms with Gasteiger partial charge >= 0.3 is 5.97 Å². The number of carboxylic acids is 1. The molecule has 0 unspecified atom stereocenters. The van der Waals surface area contributed by atoms with Gasteiger partial charge in [0.25, 0.3) is 0 Å². The van der Waals surface area contributed by atoms with E-state index >= 15 is 0 Å². The molecule has 0 radical (unpaired) electrons. The van der Waals surface area contributed by atoms with Crippen LogP contribution in [-0.2, 0) is 12.8 Å². The summed E-state index contributed by atoms with van der Waals surface area (Å²) in [7, 11) is 0. The van der Waals surface area contributed by atoms with Crippen molar-refractivity contribution in [3.8, 4) is 0 Å². The van der Waals surface area contributed by atoms with Gasteiger partial charge in [0.2, 0.25) is 0 Å². The molecule has 1 aromatic heterocycles. The van der Waals surface area contributed by atoms with Gasteiger partial charge in [-0.05, 0) is 41.8 Å². The van der Waals surface area contributed by atoms with Crippen molar-refractivity contribution in [3.05, 3.63) is 57.8 Å². The molecule has 0 aliphatic rings. The third kappa shape index (κ3) is 3.17. The minimum absolute atomic E-state index is 0.484. The van der Waals surface area contributed by atoms with Crippen LogP contribution in [0.1, 0.15) is 27.2 Å². The van der Waals surface area contributed by atoms with E-state index in [1.54, 1.807) is 0 Å². The third-order valence-corrected chi connectivity index (χ3v) is 3.64. The van der Waals surface area contributed by atoms with Crippen molar-refractivity contribution in [2.45, 2.75) is 19.3 Å². The fraction of sp³-hybridized carbons (Fsp3) is 0.214. The van der Waals surface area contributed by atoms with E-state index in [-0.39, 0.29) is 0 Å². The number of rotatable bonds is 5. The fourth-order valence-electron chi connectivity index (χ4n) is 1.85. The Bertz CT molecular complexity index is 488. The average molecular weight is 246 g/mol. The lowest BCUT2D eigenvalue weighted by atomic mass is 10.0. The van der Waals surface area contributed by atoms with Gasteiger partial charge < -0.3 is 5.11 Å². The molecule has 88 valence electrons. The van der Waals surface area contributed by atoms with Crippen molar-refractivity contribution in [2.24, 2.45) is 0 Å². The van der Waals surface area contributed by atoms with Gasteiger partial charge in [-0.25, -0.2) is 4.79 Å². The maximum absolute atomic E-state index is 10.9. The first-order chi connectivity index (χ1) is 8.27. The number of hydrogen-bond acceptors (Lipinski definition) is 2. The summed E-state index contributed by atoms with van der Waals surface area (Å²) in [4.78, 5) is 11.4. The van der Waals surface area contributed by atoms with E-state index in [0.29, 0.717) is 4.88 Å². The molecule has 0 aliphatic carbocycles.